The van der Waals surface area contributed by atoms with E-state index >= 15 is 0 Å². The summed E-state index contributed by atoms with van der Waals surface area (Å²) in [6, 6.07) is 4.43. The molecule has 0 spiro atoms. The van der Waals surface area contributed by atoms with Gasteiger partial charge in [-0.3, -0.25) is 4.55 Å². The van der Waals surface area contributed by atoms with E-state index in [1.165, 1.54) is 23.5 Å². The summed E-state index contributed by atoms with van der Waals surface area (Å²) in [6.45, 7) is 3.68. The third kappa shape index (κ3) is 2.91. The first kappa shape index (κ1) is 13.9. The van der Waals surface area contributed by atoms with Crippen LogP contribution in [-0.2, 0) is 17.2 Å². The maximum atomic E-state index is 11.1. The summed E-state index contributed by atoms with van der Waals surface area (Å²) in [7, 11) is -2.42. The second-order valence-corrected chi connectivity index (χ2v) is 6.63. The normalized spacial score (nSPS) is 12.9. The number of hydrogen-bond acceptors (Lipinski definition) is 5. The van der Waals surface area contributed by atoms with Gasteiger partial charge in [-0.25, -0.2) is 0 Å². The zero-order valence-electron chi connectivity index (χ0n) is 10.7. The van der Waals surface area contributed by atoms with Crippen LogP contribution in [0.25, 0.3) is 10.2 Å². The van der Waals surface area contributed by atoms with Crippen molar-refractivity contribution in [2.24, 2.45) is 17.3 Å². The van der Waals surface area contributed by atoms with Gasteiger partial charge in [0.2, 0.25) is 4.80 Å². The highest BCUT2D eigenvalue weighted by Gasteiger charge is 2.12. The number of aryl methyl sites for hydroxylation is 1. The Balaban J connectivity index is 2.72. The van der Waals surface area contributed by atoms with Crippen LogP contribution >= 0.6 is 11.3 Å². The first-order chi connectivity index (χ1) is 8.79. The highest BCUT2D eigenvalue weighted by atomic mass is 32.2. The number of rotatable bonds is 2. The summed E-state index contributed by atoms with van der Waals surface area (Å²) >= 11 is 1.40. The Morgan fingerprint density at radius 1 is 1.37 bits per heavy atom. The molecule has 19 heavy (non-hydrogen) atoms. The van der Waals surface area contributed by atoms with Crippen LogP contribution in [0.3, 0.4) is 0 Å². The summed E-state index contributed by atoms with van der Waals surface area (Å²) < 4.78 is 33.9. The lowest BCUT2D eigenvalue weighted by atomic mass is 10.3. The average Bonchev–Trinajstić information content (AvgIpc) is 2.62. The standard InChI is InChI=1S/C11H13N3O3S2/c1-7(2)12-13-11-14(3)9-6-8(19(15,16)17)4-5-10(9)18-11/h4-6H,1-3H3,(H,15,16,17). The van der Waals surface area contributed by atoms with Crippen LogP contribution < -0.4 is 4.80 Å². The van der Waals surface area contributed by atoms with Crippen molar-refractivity contribution in [1.29, 1.82) is 0 Å². The van der Waals surface area contributed by atoms with Crippen LogP contribution in [-0.4, -0.2) is 23.2 Å². The summed E-state index contributed by atoms with van der Waals surface area (Å²) in [5, 5.41) is 8.08. The van der Waals surface area contributed by atoms with Crippen molar-refractivity contribution >= 4 is 37.4 Å². The van der Waals surface area contributed by atoms with E-state index in [-0.39, 0.29) is 4.90 Å². The van der Waals surface area contributed by atoms with Gasteiger partial charge in [0, 0.05) is 12.8 Å². The largest absolute Gasteiger partial charge is 0.318 e. The second kappa shape index (κ2) is 4.87. The first-order valence-electron chi connectivity index (χ1n) is 5.41. The number of thiazole rings is 1. The molecule has 0 atom stereocenters. The van der Waals surface area contributed by atoms with E-state index in [0.717, 1.165) is 10.4 Å². The highest BCUT2D eigenvalue weighted by molar-refractivity contribution is 7.85. The predicted molar refractivity (Wildman–Crippen MR) is 75.0 cm³/mol. The summed E-state index contributed by atoms with van der Waals surface area (Å²) in [6.07, 6.45) is 0. The minimum atomic E-state index is -4.19. The van der Waals surface area contributed by atoms with Gasteiger partial charge in [-0.2, -0.15) is 13.5 Å². The monoisotopic (exact) mass is 299 g/mol. The third-order valence-corrected chi connectivity index (χ3v) is 4.37. The molecule has 0 amide bonds. The van der Waals surface area contributed by atoms with Crippen molar-refractivity contribution in [3.05, 3.63) is 23.0 Å². The fourth-order valence-corrected chi connectivity index (χ4v) is 2.96. The zero-order chi connectivity index (χ0) is 14.2. The topological polar surface area (TPSA) is 84.0 Å². The Bertz CT molecular complexity index is 824. The van der Waals surface area contributed by atoms with Gasteiger partial charge < -0.3 is 4.57 Å². The number of nitrogens with zero attached hydrogens (tertiary/aromatic N) is 3. The van der Waals surface area contributed by atoms with Gasteiger partial charge >= 0.3 is 0 Å². The molecule has 0 saturated heterocycles. The van der Waals surface area contributed by atoms with Crippen molar-refractivity contribution in [2.45, 2.75) is 18.7 Å². The maximum Gasteiger partial charge on any atom is 0.294 e. The van der Waals surface area contributed by atoms with Gasteiger partial charge in [-0.05, 0) is 32.0 Å². The van der Waals surface area contributed by atoms with Crippen LogP contribution in [0.4, 0.5) is 0 Å². The van der Waals surface area contributed by atoms with Crippen molar-refractivity contribution in [3.63, 3.8) is 0 Å². The van der Waals surface area contributed by atoms with Gasteiger partial charge in [-0.1, -0.05) is 11.3 Å². The predicted octanol–water partition coefficient (Wildman–Crippen LogP) is 1.78. The van der Waals surface area contributed by atoms with E-state index in [4.69, 9.17) is 4.55 Å². The van der Waals surface area contributed by atoms with Crippen molar-refractivity contribution < 1.29 is 13.0 Å². The zero-order valence-corrected chi connectivity index (χ0v) is 12.3. The molecular weight excluding hydrogens is 286 g/mol. The summed E-state index contributed by atoms with van der Waals surface area (Å²) in [4.78, 5) is 0.527. The van der Waals surface area contributed by atoms with Crippen LogP contribution in [0.1, 0.15) is 13.8 Å². The molecule has 1 N–H and O–H groups in total. The van der Waals surface area contributed by atoms with Crippen LogP contribution in [0.15, 0.2) is 33.3 Å². The molecule has 102 valence electrons. The highest BCUT2D eigenvalue weighted by Crippen LogP contribution is 2.20. The SMILES string of the molecule is CC(C)=NN=c1sc2ccc(S(=O)(=O)O)cc2n1C. The molecule has 0 fully saturated rings. The van der Waals surface area contributed by atoms with Gasteiger partial charge in [0.15, 0.2) is 0 Å². The number of aromatic nitrogens is 1. The van der Waals surface area contributed by atoms with Crippen LogP contribution in [0, 0.1) is 0 Å². The van der Waals surface area contributed by atoms with Crippen LogP contribution in [0.2, 0.25) is 0 Å². The van der Waals surface area contributed by atoms with E-state index < -0.39 is 10.1 Å². The molecule has 8 heteroatoms. The molecule has 0 unspecified atom stereocenters. The van der Waals surface area contributed by atoms with Gasteiger partial charge in [0.25, 0.3) is 10.1 Å². The number of hydrogen-bond donors (Lipinski definition) is 1. The van der Waals surface area contributed by atoms with Gasteiger partial charge in [0.05, 0.1) is 15.1 Å². The first-order valence-corrected chi connectivity index (χ1v) is 7.66. The fraction of sp³-hybridized carbons (Fsp3) is 0.273. The molecule has 1 heterocycles. The maximum absolute atomic E-state index is 11.1. The van der Waals surface area contributed by atoms with Gasteiger partial charge in [0.1, 0.15) is 0 Å². The molecule has 6 nitrogen and oxygen atoms in total. The van der Waals surface area contributed by atoms with Crippen molar-refractivity contribution in [1.82, 2.24) is 4.57 Å². The van der Waals surface area contributed by atoms with E-state index in [0.29, 0.717) is 10.3 Å². The molecular formula is C11H13N3O3S2. The molecule has 1 aromatic carbocycles. The second-order valence-electron chi connectivity index (χ2n) is 4.20. The Morgan fingerprint density at radius 3 is 2.63 bits per heavy atom. The molecule has 0 aliphatic rings. The van der Waals surface area contributed by atoms with Crippen molar-refractivity contribution in [2.75, 3.05) is 0 Å². The summed E-state index contributed by atoms with van der Waals surface area (Å²) in [5.41, 5.74) is 1.51. The quantitative estimate of drug-likeness (QED) is 0.521. The summed E-state index contributed by atoms with van der Waals surface area (Å²) in [5.74, 6) is 0. The molecule has 1 aromatic heterocycles. The number of benzene rings is 1. The smallest absolute Gasteiger partial charge is 0.294 e. The van der Waals surface area contributed by atoms with E-state index in [2.05, 4.69) is 10.2 Å². The van der Waals surface area contributed by atoms with Crippen molar-refractivity contribution in [3.8, 4) is 0 Å². The average molecular weight is 299 g/mol. The lowest BCUT2D eigenvalue weighted by molar-refractivity contribution is 0.483. The van der Waals surface area contributed by atoms with Gasteiger partial charge in [-0.15, -0.1) is 5.10 Å². The van der Waals surface area contributed by atoms with E-state index in [9.17, 15) is 8.42 Å². The van der Waals surface area contributed by atoms with E-state index in [1.54, 1.807) is 17.7 Å². The lowest BCUT2D eigenvalue weighted by Gasteiger charge is -1.98. The molecule has 2 aromatic rings. The van der Waals surface area contributed by atoms with Crippen LogP contribution in [0.5, 0.6) is 0 Å². The molecule has 0 saturated carbocycles. The molecule has 0 bridgehead atoms. The van der Waals surface area contributed by atoms with E-state index in [1.807, 2.05) is 13.8 Å². The Morgan fingerprint density at radius 2 is 2.05 bits per heavy atom. The fourth-order valence-electron chi connectivity index (χ4n) is 1.51. The Labute approximate surface area is 114 Å². The lowest BCUT2D eigenvalue weighted by Crippen LogP contribution is -2.09. The third-order valence-electron chi connectivity index (χ3n) is 2.41. The Kier molecular flexibility index (Phi) is 3.57. The molecule has 0 aliphatic heterocycles. The minimum absolute atomic E-state index is 0.130. The molecule has 2 rings (SSSR count). The number of fused-ring (bicyclic) bond motifs is 1. The minimum Gasteiger partial charge on any atom is -0.318 e. The molecule has 0 radical (unpaired) electrons. The Hall–Kier alpha value is -1.51. The molecule has 0 aliphatic carbocycles.